The molecule has 0 saturated heterocycles. The molecular formula is C17H16BrNO5. The molecule has 0 bridgehead atoms. The molecule has 1 N–H and O–H groups in total. The Balaban J connectivity index is 1.96. The SMILES string of the molecule is COc1ccc(NC(=O)COC(=O)c2ccccc2Br)c(OC)c1. The number of hydrogen-bond acceptors (Lipinski definition) is 5. The fourth-order valence-corrected chi connectivity index (χ4v) is 2.37. The number of benzene rings is 2. The Bertz CT molecular complexity index is 748. The van der Waals surface area contributed by atoms with E-state index in [1.165, 1.54) is 14.2 Å². The average Bonchev–Trinajstić information content (AvgIpc) is 2.60. The van der Waals surface area contributed by atoms with Gasteiger partial charge in [-0.05, 0) is 40.2 Å². The molecule has 0 unspecified atom stereocenters. The predicted molar refractivity (Wildman–Crippen MR) is 92.6 cm³/mol. The fraction of sp³-hybridized carbons (Fsp3) is 0.176. The molecule has 0 saturated carbocycles. The summed E-state index contributed by atoms with van der Waals surface area (Å²) in [6.45, 7) is -0.407. The van der Waals surface area contributed by atoms with Gasteiger partial charge in [0.05, 0.1) is 25.5 Å². The van der Waals surface area contributed by atoms with Crippen LogP contribution in [0.25, 0.3) is 0 Å². The van der Waals surface area contributed by atoms with Crippen molar-refractivity contribution in [3.63, 3.8) is 0 Å². The van der Waals surface area contributed by atoms with Crippen molar-refractivity contribution < 1.29 is 23.8 Å². The molecule has 6 nitrogen and oxygen atoms in total. The molecule has 0 aliphatic heterocycles. The number of rotatable bonds is 6. The lowest BCUT2D eigenvalue weighted by Gasteiger charge is -2.12. The first-order valence-corrected chi connectivity index (χ1v) is 7.78. The number of halogens is 1. The third-order valence-electron chi connectivity index (χ3n) is 3.11. The second-order valence-corrected chi connectivity index (χ2v) is 5.52. The Kier molecular flexibility index (Phi) is 6.20. The number of carbonyl (C=O) groups is 2. The van der Waals surface area contributed by atoms with Gasteiger partial charge in [-0.3, -0.25) is 4.79 Å². The molecule has 126 valence electrons. The summed E-state index contributed by atoms with van der Waals surface area (Å²) >= 11 is 3.26. The molecule has 0 aliphatic carbocycles. The van der Waals surface area contributed by atoms with Crippen molar-refractivity contribution in [1.29, 1.82) is 0 Å². The predicted octanol–water partition coefficient (Wildman–Crippen LogP) is 3.26. The summed E-state index contributed by atoms with van der Waals surface area (Å²) in [6.07, 6.45) is 0. The highest BCUT2D eigenvalue weighted by atomic mass is 79.9. The number of anilines is 1. The van der Waals surface area contributed by atoms with Crippen LogP contribution < -0.4 is 14.8 Å². The summed E-state index contributed by atoms with van der Waals surface area (Å²) in [5.74, 6) is -0.0109. The van der Waals surface area contributed by atoms with Gasteiger partial charge in [-0.15, -0.1) is 0 Å². The van der Waals surface area contributed by atoms with E-state index in [1.54, 1.807) is 42.5 Å². The lowest BCUT2D eigenvalue weighted by Crippen LogP contribution is -2.21. The van der Waals surface area contributed by atoms with Crippen LogP contribution in [0.3, 0.4) is 0 Å². The molecule has 1 amide bonds. The van der Waals surface area contributed by atoms with E-state index in [4.69, 9.17) is 14.2 Å². The Labute approximate surface area is 147 Å². The van der Waals surface area contributed by atoms with Gasteiger partial charge in [-0.1, -0.05) is 12.1 Å². The molecule has 0 aliphatic rings. The highest BCUT2D eigenvalue weighted by Crippen LogP contribution is 2.28. The van der Waals surface area contributed by atoms with Crippen LogP contribution in [0.4, 0.5) is 5.69 Å². The Morgan fingerprint density at radius 3 is 2.50 bits per heavy atom. The van der Waals surface area contributed by atoms with E-state index in [9.17, 15) is 9.59 Å². The van der Waals surface area contributed by atoms with Gasteiger partial charge < -0.3 is 19.5 Å². The number of ether oxygens (including phenoxy) is 3. The molecule has 2 aromatic rings. The minimum atomic E-state index is -0.584. The molecule has 0 aromatic heterocycles. The van der Waals surface area contributed by atoms with Gasteiger partial charge in [0.25, 0.3) is 5.91 Å². The smallest absolute Gasteiger partial charge is 0.339 e. The van der Waals surface area contributed by atoms with Crippen molar-refractivity contribution in [3.05, 3.63) is 52.5 Å². The van der Waals surface area contributed by atoms with E-state index < -0.39 is 18.5 Å². The van der Waals surface area contributed by atoms with Crippen LogP contribution in [-0.4, -0.2) is 32.7 Å². The van der Waals surface area contributed by atoms with Crippen LogP contribution in [0.2, 0.25) is 0 Å². The maximum atomic E-state index is 12.0. The second-order valence-electron chi connectivity index (χ2n) is 4.67. The van der Waals surface area contributed by atoms with Gasteiger partial charge in [0.1, 0.15) is 11.5 Å². The lowest BCUT2D eigenvalue weighted by atomic mass is 10.2. The largest absolute Gasteiger partial charge is 0.497 e. The van der Waals surface area contributed by atoms with Crippen molar-refractivity contribution in [2.45, 2.75) is 0 Å². The number of esters is 1. The fourth-order valence-electron chi connectivity index (χ4n) is 1.92. The summed E-state index contributed by atoms with van der Waals surface area (Å²) in [5, 5.41) is 2.63. The van der Waals surface area contributed by atoms with Gasteiger partial charge in [0, 0.05) is 10.5 Å². The first kappa shape index (κ1) is 17.8. The molecule has 7 heteroatoms. The van der Waals surface area contributed by atoms with Crippen molar-refractivity contribution in [2.24, 2.45) is 0 Å². The summed E-state index contributed by atoms with van der Waals surface area (Å²) in [6, 6.07) is 11.8. The Morgan fingerprint density at radius 1 is 1.08 bits per heavy atom. The molecule has 0 radical (unpaired) electrons. The quantitative estimate of drug-likeness (QED) is 0.762. The average molecular weight is 394 g/mol. The van der Waals surface area contributed by atoms with E-state index in [-0.39, 0.29) is 0 Å². The van der Waals surface area contributed by atoms with Gasteiger partial charge >= 0.3 is 5.97 Å². The number of methoxy groups -OCH3 is 2. The molecule has 0 fully saturated rings. The zero-order valence-corrected chi connectivity index (χ0v) is 14.8. The van der Waals surface area contributed by atoms with Crippen LogP contribution in [-0.2, 0) is 9.53 Å². The van der Waals surface area contributed by atoms with Crippen molar-refractivity contribution in [1.82, 2.24) is 0 Å². The molecular weight excluding hydrogens is 378 g/mol. The van der Waals surface area contributed by atoms with E-state index in [2.05, 4.69) is 21.2 Å². The second kappa shape index (κ2) is 8.35. The number of carbonyl (C=O) groups excluding carboxylic acids is 2. The topological polar surface area (TPSA) is 73.9 Å². The third kappa shape index (κ3) is 4.48. The van der Waals surface area contributed by atoms with Crippen molar-refractivity contribution in [3.8, 4) is 11.5 Å². The van der Waals surface area contributed by atoms with Crippen LogP contribution >= 0.6 is 15.9 Å². The monoisotopic (exact) mass is 393 g/mol. The highest BCUT2D eigenvalue weighted by molar-refractivity contribution is 9.10. The zero-order valence-electron chi connectivity index (χ0n) is 13.2. The molecule has 2 rings (SSSR count). The number of amides is 1. The summed E-state index contributed by atoms with van der Waals surface area (Å²) in [7, 11) is 3.02. The number of nitrogens with one attached hydrogen (secondary N) is 1. The van der Waals surface area contributed by atoms with Gasteiger partial charge in [-0.2, -0.15) is 0 Å². The molecule has 2 aromatic carbocycles. The number of hydrogen-bond donors (Lipinski definition) is 1. The maximum Gasteiger partial charge on any atom is 0.339 e. The lowest BCUT2D eigenvalue weighted by molar-refractivity contribution is -0.119. The normalized spacial score (nSPS) is 9.96. The molecule has 0 heterocycles. The van der Waals surface area contributed by atoms with Gasteiger partial charge in [-0.25, -0.2) is 4.79 Å². The van der Waals surface area contributed by atoms with Crippen LogP contribution in [0.15, 0.2) is 46.9 Å². The van der Waals surface area contributed by atoms with Crippen molar-refractivity contribution in [2.75, 3.05) is 26.1 Å². The first-order chi connectivity index (χ1) is 11.5. The van der Waals surface area contributed by atoms with Crippen LogP contribution in [0.5, 0.6) is 11.5 Å². The van der Waals surface area contributed by atoms with Crippen LogP contribution in [0, 0.1) is 0 Å². The van der Waals surface area contributed by atoms with Crippen molar-refractivity contribution >= 4 is 33.5 Å². The zero-order chi connectivity index (χ0) is 17.5. The van der Waals surface area contributed by atoms with E-state index in [0.717, 1.165) is 0 Å². The molecule has 24 heavy (non-hydrogen) atoms. The molecule has 0 atom stereocenters. The van der Waals surface area contributed by atoms with Crippen LogP contribution in [0.1, 0.15) is 10.4 Å². The van der Waals surface area contributed by atoms with E-state index >= 15 is 0 Å². The van der Waals surface area contributed by atoms with Gasteiger partial charge in [0.15, 0.2) is 6.61 Å². The third-order valence-corrected chi connectivity index (χ3v) is 3.80. The van der Waals surface area contributed by atoms with E-state index in [0.29, 0.717) is 27.2 Å². The first-order valence-electron chi connectivity index (χ1n) is 6.98. The minimum absolute atomic E-state index is 0.354. The molecule has 0 spiro atoms. The Morgan fingerprint density at radius 2 is 1.83 bits per heavy atom. The summed E-state index contributed by atoms with van der Waals surface area (Å²) in [4.78, 5) is 23.9. The summed E-state index contributed by atoms with van der Waals surface area (Å²) < 4.78 is 15.9. The minimum Gasteiger partial charge on any atom is -0.497 e. The standard InChI is InChI=1S/C17H16BrNO5/c1-22-11-7-8-14(15(9-11)23-2)19-16(20)10-24-17(21)12-5-3-4-6-13(12)18/h3-9H,10H2,1-2H3,(H,19,20). The van der Waals surface area contributed by atoms with E-state index in [1.807, 2.05) is 0 Å². The Hall–Kier alpha value is -2.54. The summed E-state index contributed by atoms with van der Waals surface area (Å²) in [5.41, 5.74) is 0.813. The maximum absolute atomic E-state index is 12.0. The highest BCUT2D eigenvalue weighted by Gasteiger charge is 2.14. The van der Waals surface area contributed by atoms with Gasteiger partial charge in [0.2, 0.25) is 0 Å².